The number of rotatable bonds is 6. The van der Waals surface area contributed by atoms with Crippen molar-refractivity contribution < 1.29 is 14.2 Å². The van der Waals surface area contributed by atoms with Crippen molar-refractivity contribution >= 4 is 40.1 Å². The van der Waals surface area contributed by atoms with Crippen LogP contribution in [0, 0.1) is 6.92 Å². The SMILES string of the molecule is COc1cc(OC)c(Cl)c(-c2cc3cnc(SC)nc3c(N3CCC(C)(OC)CC3)n2)c1C. The molecule has 3 aromatic rings. The second kappa shape index (κ2) is 9.52. The fourth-order valence-electron chi connectivity index (χ4n) is 4.22. The molecule has 9 heteroatoms. The first-order chi connectivity index (χ1) is 15.8. The maximum absolute atomic E-state index is 6.79. The summed E-state index contributed by atoms with van der Waals surface area (Å²) in [6, 6.07) is 3.78. The van der Waals surface area contributed by atoms with E-state index in [1.165, 1.54) is 11.8 Å². The van der Waals surface area contributed by atoms with Crippen LogP contribution in [0.15, 0.2) is 23.5 Å². The van der Waals surface area contributed by atoms with Gasteiger partial charge in [-0.3, -0.25) is 0 Å². The highest BCUT2D eigenvalue weighted by Crippen LogP contribution is 2.44. The first kappa shape index (κ1) is 23.9. The van der Waals surface area contributed by atoms with Gasteiger partial charge in [0.15, 0.2) is 11.0 Å². The fourth-order valence-corrected chi connectivity index (χ4v) is 4.93. The van der Waals surface area contributed by atoms with E-state index in [-0.39, 0.29) is 5.60 Å². The van der Waals surface area contributed by atoms with Crippen LogP contribution in [0.25, 0.3) is 22.2 Å². The monoisotopic (exact) mass is 488 g/mol. The lowest BCUT2D eigenvalue weighted by atomic mass is 9.93. The number of aromatic nitrogens is 3. The number of hydrogen-bond donors (Lipinski definition) is 0. The zero-order valence-electron chi connectivity index (χ0n) is 19.9. The molecule has 0 saturated carbocycles. The maximum Gasteiger partial charge on any atom is 0.187 e. The Morgan fingerprint density at radius 3 is 2.36 bits per heavy atom. The molecule has 0 amide bonds. The number of thioether (sulfide) groups is 1. The van der Waals surface area contributed by atoms with Crippen LogP contribution in [0.3, 0.4) is 0 Å². The van der Waals surface area contributed by atoms with E-state index in [9.17, 15) is 0 Å². The van der Waals surface area contributed by atoms with Crippen LogP contribution in [0.2, 0.25) is 5.02 Å². The van der Waals surface area contributed by atoms with Gasteiger partial charge in [-0.1, -0.05) is 23.4 Å². The molecular formula is C24H29ClN4O3S. The molecule has 1 saturated heterocycles. The topological polar surface area (TPSA) is 69.6 Å². The molecule has 4 rings (SSSR count). The van der Waals surface area contributed by atoms with Gasteiger partial charge in [-0.15, -0.1) is 0 Å². The number of nitrogens with zero attached hydrogens (tertiary/aromatic N) is 4. The minimum atomic E-state index is -0.122. The summed E-state index contributed by atoms with van der Waals surface area (Å²) < 4.78 is 16.8. The number of methoxy groups -OCH3 is 3. The van der Waals surface area contributed by atoms with Crippen LogP contribution in [0.5, 0.6) is 11.5 Å². The first-order valence-corrected chi connectivity index (χ1v) is 12.4. The van der Waals surface area contributed by atoms with Gasteiger partial charge < -0.3 is 19.1 Å². The lowest BCUT2D eigenvalue weighted by Crippen LogP contribution is -2.44. The Labute approximate surface area is 203 Å². The average molecular weight is 489 g/mol. The first-order valence-electron chi connectivity index (χ1n) is 10.8. The van der Waals surface area contributed by atoms with E-state index in [2.05, 4.69) is 16.8 Å². The van der Waals surface area contributed by atoms with Gasteiger partial charge >= 0.3 is 0 Å². The van der Waals surface area contributed by atoms with Crippen molar-refractivity contribution in [1.82, 2.24) is 15.0 Å². The molecule has 0 N–H and O–H groups in total. The lowest BCUT2D eigenvalue weighted by Gasteiger charge is -2.39. The summed E-state index contributed by atoms with van der Waals surface area (Å²) in [5, 5.41) is 2.13. The number of fused-ring (bicyclic) bond motifs is 1. The zero-order chi connectivity index (χ0) is 23.8. The van der Waals surface area contributed by atoms with Gasteiger partial charge in [0, 0.05) is 49.0 Å². The van der Waals surface area contributed by atoms with Crippen LogP contribution in [-0.2, 0) is 4.74 Å². The van der Waals surface area contributed by atoms with Crippen LogP contribution >= 0.6 is 23.4 Å². The predicted molar refractivity (Wildman–Crippen MR) is 134 cm³/mol. The van der Waals surface area contributed by atoms with E-state index < -0.39 is 0 Å². The number of ether oxygens (including phenoxy) is 3. The molecule has 1 aromatic carbocycles. The van der Waals surface area contributed by atoms with E-state index in [0.717, 1.165) is 59.5 Å². The molecular weight excluding hydrogens is 460 g/mol. The summed E-state index contributed by atoms with van der Waals surface area (Å²) in [4.78, 5) is 16.7. The van der Waals surface area contributed by atoms with E-state index in [1.807, 2.05) is 25.4 Å². The van der Waals surface area contributed by atoms with Crippen LogP contribution in [0.1, 0.15) is 25.3 Å². The molecule has 7 nitrogen and oxygen atoms in total. The molecule has 0 aliphatic carbocycles. The third-order valence-corrected chi connectivity index (χ3v) is 7.40. The average Bonchev–Trinajstić information content (AvgIpc) is 2.84. The third kappa shape index (κ3) is 4.44. The molecule has 1 aliphatic heterocycles. The van der Waals surface area contributed by atoms with E-state index in [1.54, 1.807) is 27.4 Å². The van der Waals surface area contributed by atoms with Crippen molar-refractivity contribution in [2.24, 2.45) is 0 Å². The number of halogens is 1. The number of benzene rings is 1. The van der Waals surface area contributed by atoms with Gasteiger partial charge in [0.1, 0.15) is 17.0 Å². The quantitative estimate of drug-likeness (QED) is 0.337. The van der Waals surface area contributed by atoms with E-state index in [0.29, 0.717) is 21.7 Å². The Morgan fingerprint density at radius 2 is 1.76 bits per heavy atom. The minimum Gasteiger partial charge on any atom is -0.496 e. The highest BCUT2D eigenvalue weighted by Gasteiger charge is 2.31. The Balaban J connectivity index is 1.92. The molecule has 0 radical (unpaired) electrons. The van der Waals surface area contributed by atoms with Crippen molar-refractivity contribution in [3.05, 3.63) is 28.9 Å². The van der Waals surface area contributed by atoms with Gasteiger partial charge in [-0.25, -0.2) is 15.0 Å². The lowest BCUT2D eigenvalue weighted by molar-refractivity contribution is -0.0133. The van der Waals surface area contributed by atoms with Crippen molar-refractivity contribution in [1.29, 1.82) is 0 Å². The number of piperidine rings is 1. The van der Waals surface area contributed by atoms with Crippen LogP contribution in [0.4, 0.5) is 5.82 Å². The zero-order valence-corrected chi connectivity index (χ0v) is 21.4. The third-order valence-electron chi connectivity index (χ3n) is 6.46. The maximum atomic E-state index is 6.79. The van der Waals surface area contributed by atoms with Gasteiger partial charge in [0.2, 0.25) is 0 Å². The molecule has 176 valence electrons. The Hall–Kier alpha value is -2.29. The highest BCUT2D eigenvalue weighted by molar-refractivity contribution is 7.98. The highest BCUT2D eigenvalue weighted by atomic mass is 35.5. The van der Waals surface area contributed by atoms with Gasteiger partial charge in [0.05, 0.1) is 30.5 Å². The van der Waals surface area contributed by atoms with Crippen LogP contribution in [-0.4, -0.2) is 61.2 Å². The molecule has 0 unspecified atom stereocenters. The molecule has 1 fully saturated rings. The van der Waals surface area contributed by atoms with Crippen molar-refractivity contribution in [3.8, 4) is 22.8 Å². The largest absolute Gasteiger partial charge is 0.496 e. The fraction of sp³-hybridized carbons (Fsp3) is 0.458. The molecule has 3 heterocycles. The number of anilines is 1. The normalized spacial score (nSPS) is 15.7. The Morgan fingerprint density at radius 1 is 1.06 bits per heavy atom. The Kier molecular flexibility index (Phi) is 6.88. The molecule has 1 aliphatic rings. The summed E-state index contributed by atoms with van der Waals surface area (Å²) in [5.74, 6) is 2.06. The van der Waals surface area contributed by atoms with Gasteiger partial charge in [0.25, 0.3) is 0 Å². The summed E-state index contributed by atoms with van der Waals surface area (Å²) >= 11 is 8.30. The second-order valence-electron chi connectivity index (χ2n) is 8.36. The summed E-state index contributed by atoms with van der Waals surface area (Å²) in [5.41, 5.74) is 3.13. The molecule has 0 atom stereocenters. The number of hydrogen-bond acceptors (Lipinski definition) is 8. The standard InChI is InChI=1S/C24H29ClN4O3S/c1-14-17(30-3)12-18(31-4)20(25)19(14)16-11-15-13-26-23(33-6)28-21(15)22(27-16)29-9-7-24(2,32-5)8-10-29/h11-13H,7-10H2,1-6H3. The van der Waals surface area contributed by atoms with Gasteiger partial charge in [-0.05, 0) is 39.0 Å². The Bertz CT molecular complexity index is 1150. The summed E-state index contributed by atoms with van der Waals surface area (Å²) in [6.45, 7) is 5.78. The van der Waals surface area contributed by atoms with Crippen molar-refractivity contribution in [2.45, 2.75) is 37.4 Å². The van der Waals surface area contributed by atoms with E-state index >= 15 is 0 Å². The van der Waals surface area contributed by atoms with Crippen molar-refractivity contribution in [2.75, 3.05) is 45.6 Å². The molecule has 0 spiro atoms. The summed E-state index contributed by atoms with van der Waals surface area (Å²) in [7, 11) is 5.01. The van der Waals surface area contributed by atoms with Crippen LogP contribution < -0.4 is 14.4 Å². The molecule has 2 aromatic heterocycles. The van der Waals surface area contributed by atoms with E-state index in [4.69, 9.17) is 35.8 Å². The smallest absolute Gasteiger partial charge is 0.187 e. The molecule has 33 heavy (non-hydrogen) atoms. The predicted octanol–water partition coefficient (Wildman–Crippen LogP) is 5.40. The second-order valence-corrected chi connectivity index (χ2v) is 9.51. The molecule has 0 bridgehead atoms. The minimum absolute atomic E-state index is 0.122. The summed E-state index contributed by atoms with van der Waals surface area (Å²) in [6.07, 6.45) is 5.64. The van der Waals surface area contributed by atoms with Crippen molar-refractivity contribution in [3.63, 3.8) is 0 Å². The van der Waals surface area contributed by atoms with Gasteiger partial charge in [-0.2, -0.15) is 0 Å². The number of pyridine rings is 1.